The van der Waals surface area contributed by atoms with Crippen molar-refractivity contribution in [2.24, 2.45) is 11.8 Å². The number of aromatic nitrogens is 2. The van der Waals surface area contributed by atoms with Crippen LogP contribution >= 0.6 is 0 Å². The summed E-state index contributed by atoms with van der Waals surface area (Å²) in [5, 5.41) is 10.8. The van der Waals surface area contributed by atoms with Crippen molar-refractivity contribution >= 4 is 5.91 Å². The molecule has 1 saturated heterocycles. The van der Waals surface area contributed by atoms with Crippen LogP contribution in [-0.4, -0.2) is 44.2 Å². The van der Waals surface area contributed by atoms with E-state index < -0.39 is 11.3 Å². The van der Waals surface area contributed by atoms with Crippen molar-refractivity contribution in [2.45, 2.75) is 45.8 Å². The first-order valence-electron chi connectivity index (χ1n) is 7.86. The summed E-state index contributed by atoms with van der Waals surface area (Å²) in [6, 6.07) is 1.79. The molecule has 2 fully saturated rings. The minimum atomic E-state index is -0.749. The van der Waals surface area contributed by atoms with Crippen LogP contribution in [0.2, 0.25) is 0 Å². The Hall–Kier alpha value is -1.69. The molecule has 2 atom stereocenters. The van der Waals surface area contributed by atoms with E-state index in [4.69, 9.17) is 0 Å². The number of β-amino-alcohol motifs (C(OH)–C–C–N with tert-alkyl or cyclic N) is 1. The second kappa shape index (κ2) is 5.19. The number of aryl methyl sites for hydroxylation is 2. The fourth-order valence-corrected chi connectivity index (χ4v) is 3.52. The van der Waals surface area contributed by atoms with Crippen LogP contribution in [0.3, 0.4) is 0 Å². The minimum absolute atomic E-state index is 0.00852. The van der Waals surface area contributed by atoms with Gasteiger partial charge in [-0.05, 0) is 38.7 Å². The van der Waals surface area contributed by atoms with Crippen molar-refractivity contribution in [3.05, 3.63) is 27.9 Å². The van der Waals surface area contributed by atoms with Gasteiger partial charge in [-0.3, -0.25) is 9.36 Å². The van der Waals surface area contributed by atoms with Crippen LogP contribution in [0.15, 0.2) is 10.9 Å². The van der Waals surface area contributed by atoms with Gasteiger partial charge >= 0.3 is 5.69 Å². The number of nitrogens with zero attached hydrogens (tertiary/aromatic N) is 3. The Morgan fingerprint density at radius 2 is 2.14 bits per heavy atom. The molecule has 1 amide bonds. The van der Waals surface area contributed by atoms with Crippen LogP contribution in [-0.2, 0) is 11.3 Å². The number of carbonyl (C=O) groups excluding carboxylic acids is 1. The van der Waals surface area contributed by atoms with Crippen molar-refractivity contribution < 1.29 is 9.90 Å². The topological polar surface area (TPSA) is 75.4 Å². The molecule has 1 aliphatic heterocycles. The average molecular weight is 305 g/mol. The van der Waals surface area contributed by atoms with Gasteiger partial charge in [0.05, 0.1) is 12.1 Å². The molecule has 1 aromatic rings. The van der Waals surface area contributed by atoms with E-state index >= 15 is 0 Å². The molecule has 2 heterocycles. The van der Waals surface area contributed by atoms with Crippen LogP contribution in [0.4, 0.5) is 0 Å². The second-order valence-corrected chi connectivity index (χ2v) is 6.85. The third-order valence-corrected chi connectivity index (χ3v) is 5.07. The van der Waals surface area contributed by atoms with Gasteiger partial charge in [0.1, 0.15) is 6.54 Å². The van der Waals surface area contributed by atoms with Crippen molar-refractivity contribution in [1.29, 1.82) is 0 Å². The minimum Gasteiger partial charge on any atom is -0.387 e. The number of carbonyl (C=O) groups is 1. The van der Waals surface area contributed by atoms with E-state index in [1.54, 1.807) is 24.8 Å². The Balaban J connectivity index is 1.75. The summed E-state index contributed by atoms with van der Waals surface area (Å²) in [5.41, 5.74) is 0.247. The molecule has 3 rings (SSSR count). The molecule has 1 aromatic heterocycles. The lowest BCUT2D eigenvalue weighted by Gasteiger charge is -2.26. The summed E-state index contributed by atoms with van der Waals surface area (Å²) in [6.45, 7) is 6.49. The van der Waals surface area contributed by atoms with Crippen molar-refractivity contribution in [2.75, 3.05) is 13.1 Å². The molecule has 120 valence electrons. The summed E-state index contributed by atoms with van der Waals surface area (Å²) in [4.78, 5) is 30.0. The van der Waals surface area contributed by atoms with Crippen molar-refractivity contribution in [3.63, 3.8) is 0 Å². The van der Waals surface area contributed by atoms with E-state index in [9.17, 15) is 14.7 Å². The van der Waals surface area contributed by atoms with E-state index in [-0.39, 0.29) is 18.4 Å². The number of aliphatic hydroxyl groups is 1. The van der Waals surface area contributed by atoms with Crippen LogP contribution in [0.1, 0.15) is 31.2 Å². The Labute approximate surface area is 129 Å². The van der Waals surface area contributed by atoms with E-state index in [1.807, 2.05) is 6.92 Å². The molecule has 1 N–H and O–H groups in total. The number of hydrogen-bond acceptors (Lipinski definition) is 4. The van der Waals surface area contributed by atoms with Crippen molar-refractivity contribution in [3.8, 4) is 0 Å². The molecule has 1 saturated carbocycles. The zero-order valence-corrected chi connectivity index (χ0v) is 13.4. The lowest BCUT2D eigenvalue weighted by molar-refractivity contribution is -0.132. The van der Waals surface area contributed by atoms with Crippen LogP contribution < -0.4 is 5.69 Å². The quantitative estimate of drug-likeness (QED) is 0.881. The summed E-state index contributed by atoms with van der Waals surface area (Å²) < 4.78 is 1.40. The highest BCUT2D eigenvalue weighted by Crippen LogP contribution is 2.46. The summed E-state index contributed by atoms with van der Waals surface area (Å²) in [7, 11) is 0. The molecule has 2 aliphatic rings. The van der Waals surface area contributed by atoms with E-state index in [2.05, 4.69) is 4.98 Å². The predicted molar refractivity (Wildman–Crippen MR) is 81.4 cm³/mol. The van der Waals surface area contributed by atoms with Gasteiger partial charge in [0, 0.05) is 23.9 Å². The second-order valence-electron chi connectivity index (χ2n) is 6.85. The number of hydrogen-bond donors (Lipinski definition) is 1. The maximum absolute atomic E-state index is 12.5. The van der Waals surface area contributed by atoms with Gasteiger partial charge in [0.2, 0.25) is 5.91 Å². The Morgan fingerprint density at radius 3 is 2.73 bits per heavy atom. The third kappa shape index (κ3) is 2.56. The third-order valence-electron chi connectivity index (χ3n) is 5.07. The van der Waals surface area contributed by atoms with Gasteiger partial charge in [-0.25, -0.2) is 4.79 Å². The number of amides is 1. The van der Waals surface area contributed by atoms with Crippen LogP contribution in [0.5, 0.6) is 0 Å². The maximum atomic E-state index is 12.5. The van der Waals surface area contributed by atoms with Crippen molar-refractivity contribution in [1.82, 2.24) is 14.5 Å². The molecular formula is C16H23N3O3. The zero-order chi connectivity index (χ0) is 16.1. The SMILES string of the molecule is Cc1cc(C)n(CC(=O)N2CC(C)C(O)(C3CC3)C2)c(=O)n1. The highest BCUT2D eigenvalue weighted by Gasteiger charge is 2.53. The molecule has 1 aliphatic carbocycles. The average Bonchev–Trinajstić information content (AvgIpc) is 3.22. The molecule has 0 spiro atoms. The number of likely N-dealkylation sites (tertiary alicyclic amines) is 1. The van der Waals surface area contributed by atoms with Gasteiger partial charge in [-0.1, -0.05) is 6.92 Å². The summed E-state index contributed by atoms with van der Waals surface area (Å²) in [6.07, 6.45) is 2.09. The zero-order valence-electron chi connectivity index (χ0n) is 13.4. The molecule has 6 nitrogen and oxygen atoms in total. The van der Waals surface area contributed by atoms with Gasteiger partial charge in [-0.2, -0.15) is 4.98 Å². The fraction of sp³-hybridized carbons (Fsp3) is 0.688. The van der Waals surface area contributed by atoms with Gasteiger partial charge in [0.25, 0.3) is 0 Å². The largest absolute Gasteiger partial charge is 0.387 e. The molecule has 0 radical (unpaired) electrons. The maximum Gasteiger partial charge on any atom is 0.348 e. The Bertz CT molecular complexity index is 665. The summed E-state index contributed by atoms with van der Waals surface area (Å²) >= 11 is 0. The molecular weight excluding hydrogens is 282 g/mol. The monoisotopic (exact) mass is 305 g/mol. The van der Waals surface area contributed by atoms with Gasteiger partial charge < -0.3 is 10.0 Å². The molecule has 0 aromatic carbocycles. The smallest absolute Gasteiger partial charge is 0.348 e. The predicted octanol–water partition coefficient (Wildman–Crippen LogP) is 0.480. The molecule has 22 heavy (non-hydrogen) atoms. The molecule has 2 unspecified atom stereocenters. The lowest BCUT2D eigenvalue weighted by Crippen LogP contribution is -2.42. The first kappa shape index (κ1) is 15.2. The standard InChI is InChI=1S/C16H23N3O3/c1-10-7-18(9-16(10,22)13-4-5-13)14(20)8-19-12(3)6-11(2)17-15(19)21/h6,10,13,22H,4-5,7-9H2,1-3H3. The van der Waals surface area contributed by atoms with Gasteiger partial charge in [-0.15, -0.1) is 0 Å². The lowest BCUT2D eigenvalue weighted by atomic mass is 9.88. The van der Waals surface area contributed by atoms with E-state index in [1.165, 1.54) is 4.57 Å². The Kier molecular flexibility index (Phi) is 3.59. The first-order chi connectivity index (χ1) is 10.3. The Morgan fingerprint density at radius 1 is 1.45 bits per heavy atom. The van der Waals surface area contributed by atoms with Crippen LogP contribution in [0.25, 0.3) is 0 Å². The van der Waals surface area contributed by atoms with Crippen LogP contribution in [0, 0.1) is 25.7 Å². The number of rotatable bonds is 3. The molecule has 6 heteroatoms. The highest BCUT2D eigenvalue weighted by atomic mass is 16.3. The first-order valence-corrected chi connectivity index (χ1v) is 7.86. The van der Waals surface area contributed by atoms with E-state index in [0.717, 1.165) is 18.5 Å². The van der Waals surface area contributed by atoms with Gasteiger partial charge in [0.15, 0.2) is 0 Å². The molecule has 0 bridgehead atoms. The fourth-order valence-electron chi connectivity index (χ4n) is 3.52. The van der Waals surface area contributed by atoms with E-state index in [0.29, 0.717) is 24.7 Å². The summed E-state index contributed by atoms with van der Waals surface area (Å²) in [5.74, 6) is 0.281. The highest BCUT2D eigenvalue weighted by molar-refractivity contribution is 5.76. The normalized spacial score (nSPS) is 28.2.